The third kappa shape index (κ3) is 5.25. The first-order valence-electron chi connectivity index (χ1n) is 6.22. The molecule has 2 rings (SSSR count). The van der Waals surface area contributed by atoms with E-state index in [2.05, 4.69) is 10.0 Å². The van der Waals surface area contributed by atoms with Crippen LogP contribution in [0.15, 0.2) is 60.7 Å². The van der Waals surface area contributed by atoms with Crippen molar-refractivity contribution in [3.05, 3.63) is 66.2 Å². The van der Waals surface area contributed by atoms with E-state index in [1.165, 1.54) is 0 Å². The third-order valence-corrected chi connectivity index (χ3v) is 3.55. The first-order valence-corrected chi connectivity index (χ1v) is 7.71. The molecular formula is C14H15N3O3S. The Labute approximate surface area is 123 Å². The van der Waals surface area contributed by atoms with Crippen LogP contribution in [0.4, 0.5) is 10.5 Å². The summed E-state index contributed by atoms with van der Waals surface area (Å²) in [5.74, 6) is 0. The largest absolute Gasteiger partial charge is 0.333 e. The van der Waals surface area contributed by atoms with Crippen LogP contribution >= 0.6 is 0 Å². The van der Waals surface area contributed by atoms with Gasteiger partial charge in [-0.25, -0.2) is 9.52 Å². The molecule has 0 aliphatic rings. The molecule has 2 amide bonds. The minimum atomic E-state index is -3.91. The number of rotatable bonds is 5. The van der Waals surface area contributed by atoms with Crippen molar-refractivity contribution in [3.8, 4) is 0 Å². The fourth-order valence-electron chi connectivity index (χ4n) is 1.61. The summed E-state index contributed by atoms with van der Waals surface area (Å²) < 4.78 is 27.6. The highest BCUT2D eigenvalue weighted by molar-refractivity contribution is 7.88. The van der Waals surface area contributed by atoms with Crippen molar-refractivity contribution in [1.29, 1.82) is 0 Å². The molecule has 6 nitrogen and oxygen atoms in total. The number of nitrogens with one attached hydrogen (secondary N) is 3. The van der Waals surface area contributed by atoms with E-state index in [0.29, 0.717) is 5.69 Å². The van der Waals surface area contributed by atoms with Gasteiger partial charge < -0.3 is 5.32 Å². The lowest BCUT2D eigenvalue weighted by molar-refractivity contribution is 0.256. The summed E-state index contributed by atoms with van der Waals surface area (Å²) in [6, 6.07) is 16.8. The number of hydrogen-bond donors (Lipinski definition) is 3. The van der Waals surface area contributed by atoms with Crippen LogP contribution < -0.4 is 14.8 Å². The number of para-hydroxylation sites is 1. The quantitative estimate of drug-likeness (QED) is 0.787. The smallest absolute Gasteiger partial charge is 0.307 e. The Hall–Kier alpha value is -2.38. The number of hydrogen-bond acceptors (Lipinski definition) is 3. The highest BCUT2D eigenvalue weighted by Gasteiger charge is 2.13. The first kappa shape index (κ1) is 15.0. The predicted molar refractivity (Wildman–Crippen MR) is 80.8 cm³/mol. The van der Waals surface area contributed by atoms with Gasteiger partial charge in [-0.05, 0) is 17.7 Å². The molecule has 0 aromatic heterocycles. The summed E-state index contributed by atoms with van der Waals surface area (Å²) in [6.45, 7) is 0.106. The Bertz CT molecular complexity index is 688. The summed E-state index contributed by atoms with van der Waals surface area (Å²) in [5.41, 5.74) is 1.31. The van der Waals surface area contributed by atoms with Crippen LogP contribution in [0.5, 0.6) is 0 Å². The Morgan fingerprint density at radius 2 is 1.48 bits per heavy atom. The molecule has 0 fully saturated rings. The van der Waals surface area contributed by atoms with E-state index in [-0.39, 0.29) is 6.54 Å². The van der Waals surface area contributed by atoms with Crippen LogP contribution in [-0.4, -0.2) is 14.4 Å². The van der Waals surface area contributed by atoms with Gasteiger partial charge in [0.05, 0.1) is 0 Å². The molecule has 3 N–H and O–H groups in total. The second kappa shape index (κ2) is 6.87. The van der Waals surface area contributed by atoms with Crippen LogP contribution in [0.3, 0.4) is 0 Å². The standard InChI is InChI=1S/C14H15N3O3S/c18-14(16-13-9-5-2-6-10-13)17-21(19,20)15-11-12-7-3-1-4-8-12/h1-10,15H,11H2,(H2,16,17,18). The van der Waals surface area contributed by atoms with Gasteiger partial charge in [0.25, 0.3) is 0 Å². The van der Waals surface area contributed by atoms with Crippen molar-refractivity contribution in [3.63, 3.8) is 0 Å². The van der Waals surface area contributed by atoms with Gasteiger partial charge in [-0.3, -0.25) is 0 Å². The summed E-state index contributed by atoms with van der Waals surface area (Å²) >= 11 is 0. The maximum atomic E-state index is 11.7. The SMILES string of the molecule is O=C(Nc1ccccc1)NS(=O)(=O)NCc1ccccc1. The molecule has 0 atom stereocenters. The van der Waals surface area contributed by atoms with Crippen LogP contribution in [-0.2, 0) is 16.8 Å². The minimum Gasteiger partial charge on any atom is -0.307 e. The Kier molecular flexibility index (Phi) is 4.91. The molecule has 0 spiro atoms. The molecule has 0 aliphatic carbocycles. The van der Waals surface area contributed by atoms with Crippen LogP contribution in [0, 0.1) is 0 Å². The lowest BCUT2D eigenvalue weighted by atomic mass is 10.2. The van der Waals surface area contributed by atoms with Crippen molar-refractivity contribution >= 4 is 21.9 Å². The second-order valence-electron chi connectivity index (χ2n) is 4.23. The maximum absolute atomic E-state index is 11.7. The number of urea groups is 1. The molecule has 0 saturated heterocycles. The zero-order chi connectivity index (χ0) is 15.1. The zero-order valence-electron chi connectivity index (χ0n) is 11.1. The van der Waals surface area contributed by atoms with Crippen molar-refractivity contribution in [2.24, 2.45) is 0 Å². The van der Waals surface area contributed by atoms with Crippen molar-refractivity contribution in [1.82, 2.24) is 9.44 Å². The second-order valence-corrected chi connectivity index (χ2v) is 5.73. The number of amides is 2. The maximum Gasteiger partial charge on any atom is 0.333 e. The van der Waals surface area contributed by atoms with Gasteiger partial charge in [0.15, 0.2) is 0 Å². The summed E-state index contributed by atoms with van der Waals surface area (Å²) in [6.07, 6.45) is 0. The fourth-order valence-corrected chi connectivity index (χ4v) is 2.33. The fraction of sp³-hybridized carbons (Fsp3) is 0.0714. The number of benzene rings is 2. The van der Waals surface area contributed by atoms with Gasteiger partial charge in [0.2, 0.25) is 0 Å². The van der Waals surface area contributed by atoms with Crippen LogP contribution in [0.25, 0.3) is 0 Å². The Morgan fingerprint density at radius 1 is 0.905 bits per heavy atom. The van der Waals surface area contributed by atoms with Gasteiger partial charge in [-0.1, -0.05) is 48.5 Å². The lowest BCUT2D eigenvalue weighted by Gasteiger charge is -2.09. The number of carbonyl (C=O) groups is 1. The third-order valence-electron chi connectivity index (χ3n) is 2.57. The average Bonchev–Trinajstić information content (AvgIpc) is 2.47. The Balaban J connectivity index is 1.87. The minimum absolute atomic E-state index is 0.106. The lowest BCUT2D eigenvalue weighted by Crippen LogP contribution is -2.42. The molecule has 21 heavy (non-hydrogen) atoms. The molecule has 0 unspecified atom stereocenters. The summed E-state index contributed by atoms with van der Waals surface area (Å²) in [7, 11) is -3.91. The molecule has 2 aromatic carbocycles. The van der Waals surface area contributed by atoms with Gasteiger partial charge >= 0.3 is 16.2 Å². The number of carbonyl (C=O) groups excluding carboxylic acids is 1. The Morgan fingerprint density at radius 3 is 2.10 bits per heavy atom. The molecule has 110 valence electrons. The first-order chi connectivity index (χ1) is 10.1. The predicted octanol–water partition coefficient (Wildman–Crippen LogP) is 1.84. The van der Waals surface area contributed by atoms with Gasteiger partial charge in [-0.2, -0.15) is 13.1 Å². The van der Waals surface area contributed by atoms with E-state index >= 15 is 0 Å². The van der Waals surface area contributed by atoms with Crippen molar-refractivity contribution in [2.75, 3.05) is 5.32 Å². The summed E-state index contributed by atoms with van der Waals surface area (Å²) in [5, 5.41) is 2.43. The van der Waals surface area contributed by atoms with Crippen molar-refractivity contribution < 1.29 is 13.2 Å². The van der Waals surface area contributed by atoms with Crippen LogP contribution in [0.1, 0.15) is 5.56 Å². The van der Waals surface area contributed by atoms with E-state index in [0.717, 1.165) is 5.56 Å². The average molecular weight is 305 g/mol. The van der Waals surface area contributed by atoms with E-state index in [9.17, 15) is 13.2 Å². The van der Waals surface area contributed by atoms with Crippen LogP contribution in [0.2, 0.25) is 0 Å². The van der Waals surface area contributed by atoms with Crippen molar-refractivity contribution in [2.45, 2.75) is 6.54 Å². The van der Waals surface area contributed by atoms with Gasteiger partial charge in [0.1, 0.15) is 0 Å². The molecule has 0 aliphatic heterocycles. The molecule has 7 heteroatoms. The molecule has 0 saturated carbocycles. The molecule has 0 bridgehead atoms. The topological polar surface area (TPSA) is 87.3 Å². The molecule has 0 radical (unpaired) electrons. The van der Waals surface area contributed by atoms with Gasteiger partial charge in [0, 0.05) is 12.2 Å². The van der Waals surface area contributed by atoms with E-state index in [1.54, 1.807) is 54.6 Å². The number of anilines is 1. The van der Waals surface area contributed by atoms with E-state index in [1.807, 2.05) is 10.8 Å². The summed E-state index contributed by atoms with van der Waals surface area (Å²) in [4.78, 5) is 11.6. The van der Waals surface area contributed by atoms with E-state index in [4.69, 9.17) is 0 Å². The van der Waals surface area contributed by atoms with Gasteiger partial charge in [-0.15, -0.1) is 0 Å². The molecule has 2 aromatic rings. The normalized spacial score (nSPS) is 10.9. The zero-order valence-corrected chi connectivity index (χ0v) is 11.9. The monoisotopic (exact) mass is 305 g/mol. The molecule has 0 heterocycles. The molecular weight excluding hydrogens is 290 g/mol. The van der Waals surface area contributed by atoms with E-state index < -0.39 is 16.2 Å². The highest BCUT2D eigenvalue weighted by atomic mass is 32.2. The highest BCUT2D eigenvalue weighted by Crippen LogP contribution is 2.04.